The number of nitrogens with zero attached hydrogens (tertiary/aromatic N) is 2. The molecular formula is C28H40N4O2. The van der Waals surface area contributed by atoms with Crippen molar-refractivity contribution in [2.24, 2.45) is 22.2 Å². The average Bonchev–Trinajstić information content (AvgIpc) is 3.27. The van der Waals surface area contributed by atoms with Crippen molar-refractivity contribution in [2.45, 2.75) is 66.4 Å². The van der Waals surface area contributed by atoms with Crippen molar-refractivity contribution in [3.8, 4) is 5.75 Å². The van der Waals surface area contributed by atoms with E-state index in [1.54, 1.807) is 5.01 Å². The molecule has 0 saturated carbocycles. The molecular weight excluding hydrogens is 424 g/mol. The fraction of sp³-hybridized carbons (Fsp3) is 0.500. The van der Waals surface area contributed by atoms with Crippen LogP contribution in [0.4, 0.5) is 10.5 Å². The Bertz CT molecular complexity index is 968. The second kappa shape index (κ2) is 11.0. The molecule has 0 aromatic heterocycles. The highest BCUT2D eigenvalue weighted by atomic mass is 16.5. The van der Waals surface area contributed by atoms with Gasteiger partial charge in [-0.05, 0) is 92.1 Å². The van der Waals surface area contributed by atoms with Gasteiger partial charge in [0.25, 0.3) is 0 Å². The van der Waals surface area contributed by atoms with Gasteiger partial charge in [0, 0.05) is 11.6 Å². The molecule has 0 aliphatic carbocycles. The van der Waals surface area contributed by atoms with E-state index in [-0.39, 0.29) is 23.5 Å². The first kappa shape index (κ1) is 25.8. The highest BCUT2D eigenvalue weighted by Crippen LogP contribution is 2.40. The lowest BCUT2D eigenvalue weighted by Gasteiger charge is -2.37. The maximum Gasteiger partial charge on any atom is 0.342 e. The standard InChI is InChI=1S/C28H40N4O2/c1-7-28(8-2,18-29)25-17-32(27(33)30-23-13-9-21(10-14-23)19(3)4)31-26(25)22-11-15-24(16-12-22)34-20(5)6/h9-16,19-20,25H,7-8,17-18,29H2,1-6H3,(H,30,33)/t25-/m0/s1. The lowest BCUT2D eigenvalue weighted by atomic mass is 9.68. The molecule has 3 rings (SSSR count). The summed E-state index contributed by atoms with van der Waals surface area (Å²) >= 11 is 0. The van der Waals surface area contributed by atoms with Gasteiger partial charge in [-0.1, -0.05) is 39.8 Å². The van der Waals surface area contributed by atoms with E-state index >= 15 is 0 Å². The molecule has 0 saturated heterocycles. The zero-order valence-corrected chi connectivity index (χ0v) is 21.5. The van der Waals surface area contributed by atoms with Crippen LogP contribution in [0.1, 0.15) is 71.4 Å². The summed E-state index contributed by atoms with van der Waals surface area (Å²) in [6, 6.07) is 15.8. The van der Waals surface area contributed by atoms with Crippen molar-refractivity contribution in [1.29, 1.82) is 0 Å². The number of benzene rings is 2. The second-order valence-electron chi connectivity index (χ2n) is 9.79. The highest BCUT2D eigenvalue weighted by Gasteiger charge is 2.44. The Morgan fingerprint density at radius 3 is 2.21 bits per heavy atom. The molecule has 0 radical (unpaired) electrons. The fourth-order valence-corrected chi connectivity index (χ4v) is 4.66. The van der Waals surface area contributed by atoms with Crippen LogP contribution in [0, 0.1) is 11.3 Å². The smallest absolute Gasteiger partial charge is 0.342 e. The van der Waals surface area contributed by atoms with Gasteiger partial charge < -0.3 is 15.8 Å². The molecule has 6 nitrogen and oxygen atoms in total. The first-order valence-corrected chi connectivity index (χ1v) is 12.5. The van der Waals surface area contributed by atoms with E-state index in [0.717, 1.165) is 35.6 Å². The maximum atomic E-state index is 13.2. The summed E-state index contributed by atoms with van der Waals surface area (Å²) in [4.78, 5) is 13.2. The van der Waals surface area contributed by atoms with Gasteiger partial charge >= 0.3 is 6.03 Å². The molecule has 6 heteroatoms. The third kappa shape index (κ3) is 5.61. The monoisotopic (exact) mass is 464 g/mol. The fourth-order valence-electron chi connectivity index (χ4n) is 4.66. The zero-order valence-electron chi connectivity index (χ0n) is 21.5. The van der Waals surface area contributed by atoms with E-state index in [0.29, 0.717) is 19.0 Å². The largest absolute Gasteiger partial charge is 0.491 e. The Labute approximate surface area is 204 Å². The van der Waals surface area contributed by atoms with Gasteiger partial charge in [-0.15, -0.1) is 0 Å². The second-order valence-corrected chi connectivity index (χ2v) is 9.79. The lowest BCUT2D eigenvalue weighted by Crippen LogP contribution is -2.43. The Morgan fingerprint density at radius 2 is 1.71 bits per heavy atom. The molecule has 0 fully saturated rings. The number of ether oxygens (including phenoxy) is 1. The number of hydrogen-bond acceptors (Lipinski definition) is 4. The number of anilines is 1. The SMILES string of the molecule is CCC(CC)(CN)[C@H]1CN(C(=O)Nc2ccc(C(C)C)cc2)N=C1c1ccc(OC(C)C)cc1. The normalized spacial score (nSPS) is 16.2. The minimum absolute atomic E-state index is 0.0541. The van der Waals surface area contributed by atoms with E-state index in [4.69, 9.17) is 15.6 Å². The van der Waals surface area contributed by atoms with E-state index in [1.165, 1.54) is 5.56 Å². The number of rotatable bonds is 9. The Hall–Kier alpha value is -2.86. The molecule has 184 valence electrons. The quantitative estimate of drug-likeness (QED) is 0.462. The summed E-state index contributed by atoms with van der Waals surface area (Å²) in [7, 11) is 0. The summed E-state index contributed by atoms with van der Waals surface area (Å²) in [6.07, 6.45) is 1.95. The van der Waals surface area contributed by atoms with Gasteiger partial charge in [0.2, 0.25) is 0 Å². The summed E-state index contributed by atoms with van der Waals surface area (Å²) < 4.78 is 5.80. The van der Waals surface area contributed by atoms with Gasteiger partial charge in [-0.2, -0.15) is 5.10 Å². The molecule has 1 atom stereocenters. The number of urea groups is 1. The van der Waals surface area contributed by atoms with Crippen LogP contribution < -0.4 is 15.8 Å². The molecule has 1 heterocycles. The summed E-state index contributed by atoms with van der Waals surface area (Å²) in [5.74, 6) is 1.32. The van der Waals surface area contributed by atoms with Gasteiger partial charge in [-0.3, -0.25) is 0 Å². The third-order valence-corrected chi connectivity index (χ3v) is 7.05. The van der Waals surface area contributed by atoms with Crippen molar-refractivity contribution >= 4 is 17.4 Å². The van der Waals surface area contributed by atoms with Crippen molar-refractivity contribution in [3.63, 3.8) is 0 Å². The van der Waals surface area contributed by atoms with Crippen molar-refractivity contribution in [1.82, 2.24) is 5.01 Å². The van der Waals surface area contributed by atoms with Crippen LogP contribution >= 0.6 is 0 Å². The van der Waals surface area contributed by atoms with Crippen LogP contribution in [-0.2, 0) is 0 Å². The summed E-state index contributed by atoms with van der Waals surface area (Å²) in [5.41, 5.74) is 10.1. The molecule has 34 heavy (non-hydrogen) atoms. The minimum Gasteiger partial charge on any atom is -0.491 e. The predicted octanol–water partition coefficient (Wildman–Crippen LogP) is 6.23. The van der Waals surface area contributed by atoms with Crippen LogP contribution in [-0.4, -0.2) is 35.9 Å². The van der Waals surface area contributed by atoms with Crippen molar-refractivity contribution in [3.05, 3.63) is 59.7 Å². The van der Waals surface area contributed by atoms with Gasteiger partial charge in [0.1, 0.15) is 5.75 Å². The third-order valence-electron chi connectivity index (χ3n) is 7.05. The number of nitrogens with two attached hydrogens (primary N) is 1. The maximum absolute atomic E-state index is 13.2. The van der Waals surface area contributed by atoms with Gasteiger partial charge in [0.15, 0.2) is 0 Å². The molecule has 1 aliphatic heterocycles. The zero-order chi connectivity index (χ0) is 24.9. The average molecular weight is 465 g/mol. The summed E-state index contributed by atoms with van der Waals surface area (Å²) in [6.45, 7) is 13.7. The van der Waals surface area contributed by atoms with Crippen LogP contribution in [0.25, 0.3) is 0 Å². The summed E-state index contributed by atoms with van der Waals surface area (Å²) in [5, 5.41) is 9.39. The molecule has 3 N–H and O–H groups in total. The van der Waals surface area contributed by atoms with E-state index in [1.807, 2.05) is 50.2 Å². The number of carbonyl (C=O) groups excluding carboxylic acids is 1. The van der Waals surface area contributed by atoms with Crippen LogP contribution in [0.15, 0.2) is 53.6 Å². The Balaban J connectivity index is 1.88. The van der Waals surface area contributed by atoms with E-state index in [9.17, 15) is 4.79 Å². The molecule has 0 bridgehead atoms. The Kier molecular flexibility index (Phi) is 8.37. The van der Waals surface area contributed by atoms with E-state index < -0.39 is 0 Å². The molecule has 0 unspecified atom stereocenters. The molecule has 2 amide bonds. The molecule has 0 spiro atoms. The highest BCUT2D eigenvalue weighted by molar-refractivity contribution is 6.05. The topological polar surface area (TPSA) is 80.0 Å². The number of amides is 2. The van der Waals surface area contributed by atoms with Crippen LogP contribution in [0.2, 0.25) is 0 Å². The van der Waals surface area contributed by atoms with Crippen molar-refractivity contribution < 1.29 is 9.53 Å². The van der Waals surface area contributed by atoms with Crippen LogP contribution in [0.3, 0.4) is 0 Å². The predicted molar refractivity (Wildman–Crippen MR) is 141 cm³/mol. The van der Waals surface area contributed by atoms with E-state index in [2.05, 4.69) is 45.1 Å². The number of hydrazone groups is 1. The lowest BCUT2D eigenvalue weighted by molar-refractivity contribution is 0.172. The van der Waals surface area contributed by atoms with Crippen molar-refractivity contribution in [2.75, 3.05) is 18.4 Å². The van der Waals surface area contributed by atoms with Gasteiger partial charge in [-0.25, -0.2) is 9.80 Å². The first-order valence-electron chi connectivity index (χ1n) is 12.5. The minimum atomic E-state index is -0.227. The first-order chi connectivity index (χ1) is 16.2. The molecule has 1 aliphatic rings. The van der Waals surface area contributed by atoms with Gasteiger partial charge in [0.05, 0.1) is 18.4 Å². The molecule has 2 aromatic carbocycles. The number of hydrogen-bond donors (Lipinski definition) is 2. The Morgan fingerprint density at radius 1 is 1.09 bits per heavy atom. The molecule has 2 aromatic rings. The van der Waals surface area contributed by atoms with Crippen LogP contribution in [0.5, 0.6) is 5.75 Å². The number of nitrogens with one attached hydrogen (secondary N) is 1. The number of carbonyl (C=O) groups is 1.